The van der Waals surface area contributed by atoms with E-state index in [0.29, 0.717) is 44.3 Å². The number of hydrogen-bond acceptors (Lipinski definition) is 7. The van der Waals surface area contributed by atoms with Crippen molar-refractivity contribution in [3.05, 3.63) is 42.1 Å². The first-order valence-corrected chi connectivity index (χ1v) is 8.46. The molecule has 2 aromatic rings. The molecule has 1 fully saturated rings. The van der Waals surface area contributed by atoms with Gasteiger partial charge in [0.2, 0.25) is 5.95 Å². The van der Waals surface area contributed by atoms with E-state index in [9.17, 15) is 4.79 Å². The molecule has 0 spiro atoms. The molecule has 26 heavy (non-hydrogen) atoms. The number of rotatable bonds is 4. The number of hydrogen-bond donors (Lipinski definition) is 1. The molecule has 1 aromatic carbocycles. The van der Waals surface area contributed by atoms with Crippen LogP contribution in [0.4, 0.5) is 22.2 Å². The number of carbonyl (C=O) groups excluding carboxylic acids is 1. The Labute approximate surface area is 152 Å². The molecule has 0 radical (unpaired) electrons. The van der Waals surface area contributed by atoms with Crippen LogP contribution in [0.25, 0.3) is 0 Å². The monoisotopic (exact) mass is 352 g/mol. The topological polar surface area (TPSA) is 94.4 Å². The average molecular weight is 352 g/mol. The summed E-state index contributed by atoms with van der Waals surface area (Å²) in [6.45, 7) is 4.76. The molecule has 1 saturated heterocycles. The fourth-order valence-corrected chi connectivity index (χ4v) is 2.68. The summed E-state index contributed by atoms with van der Waals surface area (Å²) in [5.41, 5.74) is 1.41. The first-order chi connectivity index (χ1) is 12.7. The highest BCUT2D eigenvalue weighted by Gasteiger charge is 2.22. The van der Waals surface area contributed by atoms with Gasteiger partial charge in [0.1, 0.15) is 5.82 Å². The van der Waals surface area contributed by atoms with Crippen LogP contribution in [0.2, 0.25) is 0 Å². The van der Waals surface area contributed by atoms with E-state index in [2.05, 4.69) is 26.3 Å². The molecule has 1 N–H and O–H groups in total. The second kappa shape index (κ2) is 8.16. The molecule has 1 aromatic heterocycles. The molecule has 0 atom stereocenters. The van der Waals surface area contributed by atoms with Crippen molar-refractivity contribution in [3.63, 3.8) is 0 Å². The summed E-state index contributed by atoms with van der Waals surface area (Å²) in [7, 11) is 0. The lowest BCUT2D eigenvalue weighted by Gasteiger charge is -2.34. The van der Waals surface area contributed by atoms with E-state index < -0.39 is 0 Å². The van der Waals surface area contributed by atoms with E-state index in [1.807, 2.05) is 18.2 Å². The Bertz CT molecular complexity index is 794. The maximum absolute atomic E-state index is 11.8. The lowest BCUT2D eigenvalue weighted by Crippen LogP contribution is -2.49. The minimum absolute atomic E-state index is 0.266. The summed E-state index contributed by atoms with van der Waals surface area (Å²) in [6, 6.07) is 11.0. The van der Waals surface area contributed by atoms with Gasteiger partial charge in [0.15, 0.2) is 0 Å². The standard InChI is InChI=1S/C18H20N6O2/c1-2-26-18(25)24-11-9-23(10-12-24)16-7-8-20-17(22-16)21-15-5-3-14(13-19)4-6-15/h3-8H,2,9-12H2,1H3,(H,20,21,22). The van der Waals surface area contributed by atoms with Gasteiger partial charge in [-0.3, -0.25) is 0 Å². The number of ether oxygens (including phenoxy) is 1. The molecular formula is C18H20N6O2. The third kappa shape index (κ3) is 4.19. The summed E-state index contributed by atoms with van der Waals surface area (Å²) >= 11 is 0. The van der Waals surface area contributed by atoms with Crippen molar-refractivity contribution in [2.45, 2.75) is 6.92 Å². The van der Waals surface area contributed by atoms with Gasteiger partial charge >= 0.3 is 6.09 Å². The Balaban J connectivity index is 1.62. The van der Waals surface area contributed by atoms with Crippen LogP contribution in [0.15, 0.2) is 36.5 Å². The predicted molar refractivity (Wildman–Crippen MR) is 97.3 cm³/mol. The van der Waals surface area contributed by atoms with E-state index in [1.54, 1.807) is 30.2 Å². The van der Waals surface area contributed by atoms with Crippen LogP contribution >= 0.6 is 0 Å². The fourth-order valence-electron chi connectivity index (χ4n) is 2.68. The molecule has 2 heterocycles. The number of piperazine rings is 1. The molecule has 0 saturated carbocycles. The first-order valence-electron chi connectivity index (χ1n) is 8.46. The Kier molecular flexibility index (Phi) is 5.49. The van der Waals surface area contributed by atoms with E-state index in [1.165, 1.54) is 0 Å². The fraction of sp³-hybridized carbons (Fsp3) is 0.333. The largest absolute Gasteiger partial charge is 0.450 e. The van der Waals surface area contributed by atoms with Crippen LogP contribution in [0, 0.1) is 11.3 Å². The van der Waals surface area contributed by atoms with Crippen molar-refractivity contribution in [3.8, 4) is 6.07 Å². The van der Waals surface area contributed by atoms with Crippen LogP contribution in [-0.4, -0.2) is 53.7 Å². The summed E-state index contributed by atoms with van der Waals surface area (Å²) < 4.78 is 5.04. The third-order valence-corrected chi connectivity index (χ3v) is 4.04. The zero-order valence-corrected chi connectivity index (χ0v) is 14.6. The van der Waals surface area contributed by atoms with Crippen molar-refractivity contribution in [2.75, 3.05) is 43.0 Å². The highest BCUT2D eigenvalue weighted by molar-refractivity contribution is 5.68. The highest BCUT2D eigenvalue weighted by atomic mass is 16.6. The Morgan fingerprint density at radius 1 is 1.23 bits per heavy atom. The van der Waals surface area contributed by atoms with E-state index >= 15 is 0 Å². The number of amides is 1. The molecule has 1 amide bonds. The van der Waals surface area contributed by atoms with E-state index in [-0.39, 0.29) is 6.09 Å². The lowest BCUT2D eigenvalue weighted by molar-refractivity contribution is 0.105. The zero-order chi connectivity index (χ0) is 18.4. The summed E-state index contributed by atoms with van der Waals surface area (Å²) in [5, 5.41) is 12.0. The van der Waals surface area contributed by atoms with Gasteiger partial charge in [-0.25, -0.2) is 9.78 Å². The van der Waals surface area contributed by atoms with Gasteiger partial charge in [-0.05, 0) is 37.3 Å². The average Bonchev–Trinajstić information content (AvgIpc) is 2.69. The molecule has 0 aliphatic carbocycles. The van der Waals surface area contributed by atoms with Crippen molar-refractivity contribution < 1.29 is 9.53 Å². The van der Waals surface area contributed by atoms with Gasteiger partial charge in [-0.2, -0.15) is 10.2 Å². The lowest BCUT2D eigenvalue weighted by atomic mass is 10.2. The number of anilines is 3. The van der Waals surface area contributed by atoms with Crippen LogP contribution < -0.4 is 10.2 Å². The van der Waals surface area contributed by atoms with Gasteiger partial charge in [-0.15, -0.1) is 0 Å². The number of aromatic nitrogens is 2. The van der Waals surface area contributed by atoms with Gasteiger partial charge in [0.05, 0.1) is 18.2 Å². The second-order valence-corrected chi connectivity index (χ2v) is 5.73. The molecule has 0 bridgehead atoms. The molecule has 0 unspecified atom stereocenters. The number of benzene rings is 1. The molecule has 8 nitrogen and oxygen atoms in total. The van der Waals surface area contributed by atoms with Crippen LogP contribution in [0.3, 0.4) is 0 Å². The smallest absolute Gasteiger partial charge is 0.409 e. The summed E-state index contributed by atoms with van der Waals surface area (Å²) in [6.07, 6.45) is 1.43. The number of nitrogens with one attached hydrogen (secondary N) is 1. The van der Waals surface area contributed by atoms with Crippen molar-refractivity contribution in [1.29, 1.82) is 5.26 Å². The van der Waals surface area contributed by atoms with Crippen LogP contribution in [0.1, 0.15) is 12.5 Å². The van der Waals surface area contributed by atoms with Crippen molar-refractivity contribution in [1.82, 2.24) is 14.9 Å². The molecule has 1 aliphatic rings. The minimum Gasteiger partial charge on any atom is -0.450 e. The zero-order valence-electron chi connectivity index (χ0n) is 14.6. The van der Waals surface area contributed by atoms with Crippen LogP contribution in [-0.2, 0) is 4.74 Å². The Morgan fingerprint density at radius 3 is 2.62 bits per heavy atom. The maximum Gasteiger partial charge on any atom is 0.409 e. The Hall–Kier alpha value is -3.34. The number of carbonyl (C=O) groups is 1. The van der Waals surface area contributed by atoms with Gasteiger partial charge < -0.3 is 19.9 Å². The van der Waals surface area contributed by atoms with Gasteiger partial charge in [0.25, 0.3) is 0 Å². The molecule has 1 aliphatic heterocycles. The molecule has 134 valence electrons. The second-order valence-electron chi connectivity index (χ2n) is 5.73. The van der Waals surface area contributed by atoms with E-state index in [0.717, 1.165) is 11.5 Å². The van der Waals surface area contributed by atoms with Crippen molar-refractivity contribution >= 4 is 23.5 Å². The maximum atomic E-state index is 11.8. The predicted octanol–water partition coefficient (Wildman–Crippen LogP) is 2.37. The van der Waals surface area contributed by atoms with Gasteiger partial charge in [-0.1, -0.05) is 0 Å². The highest BCUT2D eigenvalue weighted by Crippen LogP contribution is 2.18. The van der Waals surface area contributed by atoms with E-state index in [4.69, 9.17) is 10.00 Å². The first kappa shape index (κ1) is 17.5. The summed E-state index contributed by atoms with van der Waals surface area (Å²) in [5.74, 6) is 1.29. The quantitative estimate of drug-likeness (QED) is 0.902. The minimum atomic E-state index is -0.266. The van der Waals surface area contributed by atoms with Crippen molar-refractivity contribution in [2.24, 2.45) is 0 Å². The number of nitriles is 1. The molecular weight excluding hydrogens is 332 g/mol. The molecule has 3 rings (SSSR count). The molecule has 8 heteroatoms. The summed E-state index contributed by atoms with van der Waals surface area (Å²) in [4.78, 5) is 24.4. The SMILES string of the molecule is CCOC(=O)N1CCN(c2ccnc(Nc3ccc(C#N)cc3)n2)CC1. The number of nitrogens with zero attached hydrogens (tertiary/aromatic N) is 5. The normalized spacial score (nSPS) is 13.8. The van der Waals surface area contributed by atoms with Gasteiger partial charge in [0, 0.05) is 38.1 Å². The van der Waals surface area contributed by atoms with Crippen LogP contribution in [0.5, 0.6) is 0 Å². The Morgan fingerprint density at radius 2 is 1.96 bits per heavy atom. The third-order valence-electron chi connectivity index (χ3n) is 4.04.